The highest BCUT2D eigenvalue weighted by Crippen LogP contribution is 2.18. The summed E-state index contributed by atoms with van der Waals surface area (Å²) in [6.45, 7) is 7.44. The molecule has 0 saturated heterocycles. The van der Waals surface area contributed by atoms with E-state index in [1.165, 1.54) is 30.1 Å². The molecule has 2 atom stereocenters. The lowest BCUT2D eigenvalue weighted by atomic mass is 10.0. The normalized spacial score (nSPS) is 14.4. The molecule has 0 aliphatic heterocycles. The SMILES string of the molecule is CC(CCCCI)C(=O)NCCCCC(I)C(C)C. The first-order valence-corrected chi connectivity index (χ1v) is 10.2. The summed E-state index contributed by atoms with van der Waals surface area (Å²) in [5.41, 5.74) is 0. The Balaban J connectivity index is 3.52. The van der Waals surface area contributed by atoms with Gasteiger partial charge in [-0.3, -0.25) is 4.79 Å². The molecule has 0 aromatic rings. The lowest BCUT2D eigenvalue weighted by molar-refractivity contribution is -0.124. The van der Waals surface area contributed by atoms with E-state index in [2.05, 4.69) is 64.3 Å². The Bertz CT molecular complexity index is 234. The molecular formula is C15H29I2NO. The predicted molar refractivity (Wildman–Crippen MR) is 101 cm³/mol. The van der Waals surface area contributed by atoms with E-state index in [1.807, 2.05) is 6.92 Å². The zero-order valence-electron chi connectivity index (χ0n) is 12.6. The first kappa shape index (κ1) is 19.9. The van der Waals surface area contributed by atoms with Gasteiger partial charge in [-0.05, 0) is 36.0 Å². The topological polar surface area (TPSA) is 29.1 Å². The van der Waals surface area contributed by atoms with E-state index in [9.17, 15) is 4.79 Å². The Hall–Kier alpha value is 0.930. The first-order chi connectivity index (χ1) is 8.99. The summed E-state index contributed by atoms with van der Waals surface area (Å²) < 4.78 is 1.96. The van der Waals surface area contributed by atoms with Gasteiger partial charge in [0.2, 0.25) is 5.91 Å². The van der Waals surface area contributed by atoms with Crippen molar-refractivity contribution in [2.75, 3.05) is 11.0 Å². The van der Waals surface area contributed by atoms with E-state index in [-0.39, 0.29) is 11.8 Å². The Morgan fingerprint density at radius 2 is 1.68 bits per heavy atom. The van der Waals surface area contributed by atoms with E-state index in [0.29, 0.717) is 0 Å². The number of carbonyl (C=O) groups excluding carboxylic acids is 1. The van der Waals surface area contributed by atoms with E-state index in [0.717, 1.165) is 29.2 Å². The fourth-order valence-electron chi connectivity index (χ4n) is 1.86. The summed E-state index contributed by atoms with van der Waals surface area (Å²) in [6.07, 6.45) is 7.01. The summed E-state index contributed by atoms with van der Waals surface area (Å²) in [4.78, 5) is 11.8. The van der Waals surface area contributed by atoms with Crippen LogP contribution in [0.1, 0.15) is 59.3 Å². The Kier molecular flexibility index (Phi) is 13.3. The number of carbonyl (C=O) groups is 1. The smallest absolute Gasteiger partial charge is 0.222 e. The van der Waals surface area contributed by atoms with Crippen LogP contribution in [-0.2, 0) is 4.79 Å². The fraction of sp³-hybridized carbons (Fsp3) is 0.933. The number of alkyl halides is 2. The molecule has 0 saturated carbocycles. The summed E-state index contributed by atoms with van der Waals surface area (Å²) in [5.74, 6) is 1.17. The number of rotatable bonds is 11. The second kappa shape index (κ2) is 12.7. The third-order valence-corrected chi connectivity index (χ3v) is 6.22. The van der Waals surface area contributed by atoms with Crippen LogP contribution < -0.4 is 5.32 Å². The average molecular weight is 493 g/mol. The first-order valence-electron chi connectivity index (χ1n) is 7.46. The molecular weight excluding hydrogens is 464 g/mol. The fourth-order valence-corrected chi connectivity index (χ4v) is 2.84. The van der Waals surface area contributed by atoms with Crippen molar-refractivity contribution in [3.63, 3.8) is 0 Å². The zero-order valence-corrected chi connectivity index (χ0v) is 16.9. The van der Waals surface area contributed by atoms with Crippen LogP contribution in [0.4, 0.5) is 0 Å². The number of hydrogen-bond donors (Lipinski definition) is 1. The predicted octanol–water partition coefficient (Wildman–Crippen LogP) is 4.97. The summed E-state index contributed by atoms with van der Waals surface area (Å²) >= 11 is 4.93. The van der Waals surface area contributed by atoms with E-state index < -0.39 is 0 Å². The lowest BCUT2D eigenvalue weighted by Gasteiger charge is -2.14. The van der Waals surface area contributed by atoms with Crippen molar-refractivity contribution in [2.24, 2.45) is 11.8 Å². The van der Waals surface area contributed by atoms with Crippen molar-refractivity contribution in [3.05, 3.63) is 0 Å². The molecule has 0 bridgehead atoms. The van der Waals surface area contributed by atoms with Crippen molar-refractivity contribution in [2.45, 2.75) is 63.2 Å². The number of nitrogens with one attached hydrogen (secondary N) is 1. The third-order valence-electron chi connectivity index (χ3n) is 3.40. The van der Waals surface area contributed by atoms with E-state index in [4.69, 9.17) is 0 Å². The van der Waals surface area contributed by atoms with Crippen molar-refractivity contribution in [1.29, 1.82) is 0 Å². The molecule has 1 N–H and O–H groups in total. The second-order valence-corrected chi connectivity index (χ2v) is 8.31. The Morgan fingerprint density at radius 3 is 2.26 bits per heavy atom. The van der Waals surface area contributed by atoms with Gasteiger partial charge in [0.25, 0.3) is 0 Å². The zero-order chi connectivity index (χ0) is 14.7. The van der Waals surface area contributed by atoms with Gasteiger partial charge in [-0.15, -0.1) is 0 Å². The van der Waals surface area contributed by atoms with Crippen LogP contribution in [0, 0.1) is 11.8 Å². The maximum Gasteiger partial charge on any atom is 0.222 e. The second-order valence-electron chi connectivity index (χ2n) is 5.63. The minimum absolute atomic E-state index is 0.177. The molecule has 0 aromatic heterocycles. The molecule has 1 amide bonds. The quantitative estimate of drug-likeness (QED) is 0.246. The van der Waals surface area contributed by atoms with Crippen molar-refractivity contribution in [3.8, 4) is 0 Å². The summed E-state index contributed by atoms with van der Waals surface area (Å²) in [6, 6.07) is 0. The minimum atomic E-state index is 0.177. The number of halogens is 2. The molecule has 0 heterocycles. The number of unbranched alkanes of at least 4 members (excludes halogenated alkanes) is 2. The van der Waals surface area contributed by atoms with Crippen LogP contribution in [0.15, 0.2) is 0 Å². The van der Waals surface area contributed by atoms with Crippen LogP contribution >= 0.6 is 45.2 Å². The van der Waals surface area contributed by atoms with Gasteiger partial charge in [-0.1, -0.05) is 78.8 Å². The highest BCUT2D eigenvalue weighted by atomic mass is 127. The van der Waals surface area contributed by atoms with Crippen LogP contribution in [0.3, 0.4) is 0 Å². The average Bonchev–Trinajstić information content (AvgIpc) is 2.37. The number of hydrogen-bond acceptors (Lipinski definition) is 1. The molecule has 0 rings (SSSR count). The van der Waals surface area contributed by atoms with Crippen LogP contribution in [0.5, 0.6) is 0 Å². The van der Waals surface area contributed by atoms with Crippen LogP contribution in [-0.4, -0.2) is 20.8 Å². The van der Waals surface area contributed by atoms with Gasteiger partial charge < -0.3 is 5.32 Å². The number of amides is 1. The van der Waals surface area contributed by atoms with Crippen molar-refractivity contribution < 1.29 is 4.79 Å². The Labute approximate surface area is 146 Å². The molecule has 19 heavy (non-hydrogen) atoms. The molecule has 2 nitrogen and oxygen atoms in total. The summed E-state index contributed by atoms with van der Waals surface area (Å²) in [7, 11) is 0. The maximum absolute atomic E-state index is 11.8. The van der Waals surface area contributed by atoms with Gasteiger partial charge in [0, 0.05) is 16.4 Å². The summed E-state index contributed by atoms with van der Waals surface area (Å²) in [5, 5.41) is 3.07. The molecule has 2 unspecified atom stereocenters. The Morgan fingerprint density at radius 1 is 1.05 bits per heavy atom. The molecule has 0 radical (unpaired) electrons. The molecule has 0 fully saturated rings. The molecule has 0 aliphatic rings. The molecule has 114 valence electrons. The monoisotopic (exact) mass is 493 g/mol. The largest absolute Gasteiger partial charge is 0.356 e. The van der Waals surface area contributed by atoms with Gasteiger partial charge >= 0.3 is 0 Å². The van der Waals surface area contributed by atoms with Crippen LogP contribution in [0.2, 0.25) is 0 Å². The van der Waals surface area contributed by atoms with E-state index >= 15 is 0 Å². The van der Waals surface area contributed by atoms with Gasteiger partial charge in [0.05, 0.1) is 0 Å². The molecule has 0 aliphatic carbocycles. The van der Waals surface area contributed by atoms with Crippen LogP contribution in [0.25, 0.3) is 0 Å². The van der Waals surface area contributed by atoms with E-state index in [1.54, 1.807) is 0 Å². The van der Waals surface area contributed by atoms with Gasteiger partial charge in [-0.25, -0.2) is 0 Å². The van der Waals surface area contributed by atoms with Gasteiger partial charge in [-0.2, -0.15) is 0 Å². The molecule has 0 aromatic carbocycles. The van der Waals surface area contributed by atoms with Gasteiger partial charge in [0.1, 0.15) is 0 Å². The molecule has 4 heteroatoms. The van der Waals surface area contributed by atoms with Crippen molar-refractivity contribution in [1.82, 2.24) is 5.32 Å². The highest BCUT2D eigenvalue weighted by molar-refractivity contribution is 14.1. The maximum atomic E-state index is 11.8. The standard InChI is InChI=1S/C15H29I2NO/c1-12(2)14(17)9-5-7-11-18-15(19)13(3)8-4-6-10-16/h12-14H,4-11H2,1-3H3,(H,18,19). The minimum Gasteiger partial charge on any atom is -0.356 e. The van der Waals surface area contributed by atoms with Crippen molar-refractivity contribution >= 4 is 51.1 Å². The highest BCUT2D eigenvalue weighted by Gasteiger charge is 2.12. The third kappa shape index (κ3) is 11.3. The lowest BCUT2D eigenvalue weighted by Crippen LogP contribution is -2.30. The van der Waals surface area contributed by atoms with Gasteiger partial charge in [0.15, 0.2) is 0 Å². The molecule has 0 spiro atoms.